The number of pyridine rings is 3. The number of fused-ring (bicyclic) bond motifs is 3. The monoisotopic (exact) mass is 415 g/mol. The van der Waals surface area contributed by atoms with Gasteiger partial charge in [-0.25, -0.2) is 10.8 Å². The third-order valence-corrected chi connectivity index (χ3v) is 4.70. The molecule has 154 valence electrons. The van der Waals surface area contributed by atoms with Crippen LogP contribution in [0.1, 0.15) is 27.4 Å². The van der Waals surface area contributed by atoms with Crippen LogP contribution in [0.2, 0.25) is 0 Å². The number of rotatable bonds is 3. The summed E-state index contributed by atoms with van der Waals surface area (Å²) in [6.07, 6.45) is -0.611. The molecule has 4 aromatic heterocycles. The molecule has 0 aliphatic heterocycles. The van der Waals surface area contributed by atoms with Crippen LogP contribution < -0.4 is 5.84 Å². The summed E-state index contributed by atoms with van der Waals surface area (Å²) < 4.78 is 39.7. The van der Waals surface area contributed by atoms with Crippen molar-refractivity contribution >= 4 is 27.7 Å². The van der Waals surface area contributed by atoms with Crippen molar-refractivity contribution in [2.75, 3.05) is 0 Å². The van der Waals surface area contributed by atoms with Crippen molar-refractivity contribution < 1.29 is 18.0 Å². The van der Waals surface area contributed by atoms with Gasteiger partial charge in [0.25, 0.3) is 5.91 Å². The van der Waals surface area contributed by atoms with E-state index in [-0.39, 0.29) is 17.9 Å². The molecular weight excluding hydrogens is 399 g/mol. The SMILES string of the molecule is Cc1nn(C)c2c1cnc1cnc(C(=O)N(N)Cc3ccc(C(F)(F)F)cn3)cc12. The first-order valence-corrected chi connectivity index (χ1v) is 8.82. The minimum atomic E-state index is -4.48. The Morgan fingerprint density at radius 3 is 2.57 bits per heavy atom. The molecule has 0 fully saturated rings. The van der Waals surface area contributed by atoms with E-state index in [0.717, 1.165) is 27.7 Å². The van der Waals surface area contributed by atoms with Crippen LogP contribution >= 0.6 is 0 Å². The number of alkyl halides is 3. The summed E-state index contributed by atoms with van der Waals surface area (Å²) in [5.41, 5.74) is 1.62. The zero-order valence-corrected chi connectivity index (χ0v) is 16.0. The highest BCUT2D eigenvalue weighted by atomic mass is 19.4. The molecule has 1 amide bonds. The number of hydrogen-bond acceptors (Lipinski definition) is 6. The van der Waals surface area contributed by atoms with Crippen molar-refractivity contribution in [3.05, 3.63) is 59.4 Å². The molecule has 8 nitrogen and oxygen atoms in total. The van der Waals surface area contributed by atoms with Gasteiger partial charge in [0, 0.05) is 30.2 Å². The van der Waals surface area contributed by atoms with Crippen LogP contribution in [0.5, 0.6) is 0 Å². The number of aromatic nitrogens is 5. The molecule has 0 bridgehead atoms. The summed E-state index contributed by atoms with van der Waals surface area (Å²) in [7, 11) is 1.79. The molecule has 0 saturated carbocycles. The van der Waals surface area contributed by atoms with E-state index >= 15 is 0 Å². The van der Waals surface area contributed by atoms with Gasteiger partial charge >= 0.3 is 6.18 Å². The Morgan fingerprint density at radius 1 is 1.13 bits per heavy atom. The number of amides is 1. The summed E-state index contributed by atoms with van der Waals surface area (Å²) in [5.74, 6) is 5.24. The summed E-state index contributed by atoms with van der Waals surface area (Å²) in [5, 5.41) is 6.78. The normalized spacial score (nSPS) is 11.9. The van der Waals surface area contributed by atoms with Crippen LogP contribution in [0, 0.1) is 6.92 Å². The number of hydrogen-bond donors (Lipinski definition) is 1. The molecule has 0 radical (unpaired) electrons. The molecule has 4 heterocycles. The number of carbonyl (C=O) groups excluding carboxylic acids is 1. The van der Waals surface area contributed by atoms with Gasteiger partial charge in [-0.2, -0.15) is 18.3 Å². The average molecular weight is 415 g/mol. The summed E-state index contributed by atoms with van der Waals surface area (Å²) in [6.45, 7) is 1.69. The lowest BCUT2D eigenvalue weighted by atomic mass is 10.1. The van der Waals surface area contributed by atoms with Crippen LogP contribution in [0.15, 0.2) is 36.8 Å². The quantitative estimate of drug-likeness (QED) is 0.314. The molecule has 0 aliphatic carbocycles. The summed E-state index contributed by atoms with van der Waals surface area (Å²) >= 11 is 0. The highest BCUT2D eigenvalue weighted by Crippen LogP contribution is 2.28. The van der Waals surface area contributed by atoms with Gasteiger partial charge in [-0.1, -0.05) is 0 Å². The number of halogens is 3. The van der Waals surface area contributed by atoms with Crippen molar-refractivity contribution in [3.8, 4) is 0 Å². The first-order valence-electron chi connectivity index (χ1n) is 8.82. The topological polar surface area (TPSA) is 103 Å². The van der Waals surface area contributed by atoms with E-state index in [0.29, 0.717) is 17.1 Å². The molecule has 4 rings (SSSR count). The van der Waals surface area contributed by atoms with E-state index in [2.05, 4.69) is 20.1 Å². The maximum atomic E-state index is 12.7. The number of nitrogens with two attached hydrogens (primary N) is 1. The number of hydrazine groups is 1. The lowest BCUT2D eigenvalue weighted by Crippen LogP contribution is -2.37. The molecule has 0 saturated heterocycles. The van der Waals surface area contributed by atoms with Crippen LogP contribution in [-0.4, -0.2) is 35.6 Å². The lowest BCUT2D eigenvalue weighted by Gasteiger charge is -2.16. The van der Waals surface area contributed by atoms with Crippen molar-refractivity contribution in [2.24, 2.45) is 12.9 Å². The minimum Gasteiger partial charge on any atom is -0.269 e. The molecule has 2 N–H and O–H groups in total. The Balaban J connectivity index is 1.63. The van der Waals surface area contributed by atoms with Crippen molar-refractivity contribution in [1.29, 1.82) is 0 Å². The Hall–Kier alpha value is -3.60. The Bertz CT molecular complexity index is 1270. The fourth-order valence-corrected chi connectivity index (χ4v) is 3.22. The molecule has 0 aliphatic rings. The molecule has 0 atom stereocenters. The summed E-state index contributed by atoms with van der Waals surface area (Å²) in [4.78, 5) is 24.9. The molecule has 0 aromatic carbocycles. The second-order valence-electron chi connectivity index (χ2n) is 6.79. The second kappa shape index (κ2) is 7.02. The highest BCUT2D eigenvalue weighted by molar-refractivity contribution is 6.06. The molecule has 11 heteroatoms. The molecular formula is C19H16F3N7O. The Labute approximate surface area is 168 Å². The van der Waals surface area contributed by atoms with Gasteiger partial charge in [0.05, 0.1) is 40.7 Å². The van der Waals surface area contributed by atoms with Gasteiger partial charge in [0.15, 0.2) is 0 Å². The first-order chi connectivity index (χ1) is 14.1. The molecule has 0 spiro atoms. The zero-order valence-electron chi connectivity index (χ0n) is 16.0. The lowest BCUT2D eigenvalue weighted by molar-refractivity contribution is -0.137. The third kappa shape index (κ3) is 3.43. The van der Waals surface area contributed by atoms with E-state index in [1.54, 1.807) is 24.0 Å². The van der Waals surface area contributed by atoms with Crippen LogP contribution in [0.3, 0.4) is 0 Å². The predicted molar refractivity (Wildman–Crippen MR) is 102 cm³/mol. The van der Waals surface area contributed by atoms with Crippen molar-refractivity contribution in [3.63, 3.8) is 0 Å². The first kappa shape index (κ1) is 19.7. The maximum absolute atomic E-state index is 12.7. The van der Waals surface area contributed by atoms with E-state index < -0.39 is 17.6 Å². The van der Waals surface area contributed by atoms with Gasteiger partial charge in [0.1, 0.15) is 5.69 Å². The Morgan fingerprint density at radius 2 is 1.90 bits per heavy atom. The zero-order chi connectivity index (χ0) is 21.6. The van der Waals surface area contributed by atoms with Gasteiger partial charge in [-0.05, 0) is 25.1 Å². The summed E-state index contributed by atoms with van der Waals surface area (Å²) in [6, 6.07) is 3.64. The van der Waals surface area contributed by atoms with Gasteiger partial charge in [-0.3, -0.25) is 24.5 Å². The predicted octanol–water partition coefficient (Wildman–Crippen LogP) is 2.75. The minimum absolute atomic E-state index is 0.0741. The molecule has 4 aromatic rings. The maximum Gasteiger partial charge on any atom is 0.417 e. The number of carbonyl (C=O) groups is 1. The fourth-order valence-electron chi connectivity index (χ4n) is 3.22. The van der Waals surface area contributed by atoms with Crippen molar-refractivity contribution in [1.82, 2.24) is 29.7 Å². The smallest absolute Gasteiger partial charge is 0.269 e. The van der Waals surface area contributed by atoms with Gasteiger partial charge in [0.2, 0.25) is 0 Å². The fraction of sp³-hybridized carbons (Fsp3) is 0.211. The van der Waals surface area contributed by atoms with Crippen LogP contribution in [0.4, 0.5) is 13.2 Å². The number of aryl methyl sites for hydroxylation is 2. The van der Waals surface area contributed by atoms with E-state index in [4.69, 9.17) is 5.84 Å². The highest BCUT2D eigenvalue weighted by Gasteiger charge is 2.30. The largest absolute Gasteiger partial charge is 0.417 e. The average Bonchev–Trinajstić information content (AvgIpc) is 3.00. The molecule has 30 heavy (non-hydrogen) atoms. The van der Waals surface area contributed by atoms with Gasteiger partial charge in [-0.15, -0.1) is 0 Å². The van der Waals surface area contributed by atoms with E-state index in [1.807, 2.05) is 6.92 Å². The van der Waals surface area contributed by atoms with Crippen LogP contribution in [-0.2, 0) is 19.8 Å². The molecule has 0 unspecified atom stereocenters. The second-order valence-corrected chi connectivity index (χ2v) is 6.79. The van der Waals surface area contributed by atoms with E-state index in [1.165, 1.54) is 12.3 Å². The van der Waals surface area contributed by atoms with E-state index in [9.17, 15) is 18.0 Å². The third-order valence-electron chi connectivity index (χ3n) is 4.70. The standard InChI is InChI=1S/C19H16F3N7O/c1-10-14-7-25-16-8-26-15(5-13(16)17(14)28(2)27-10)18(30)29(23)9-12-4-3-11(6-24-12)19(20,21)22/h3-8H,9,23H2,1-2H3. The van der Waals surface area contributed by atoms with Crippen molar-refractivity contribution in [2.45, 2.75) is 19.6 Å². The van der Waals surface area contributed by atoms with Gasteiger partial charge < -0.3 is 0 Å². The Kier molecular flexibility index (Phi) is 4.61. The number of nitrogens with zero attached hydrogens (tertiary/aromatic N) is 6. The van der Waals surface area contributed by atoms with Crippen LogP contribution in [0.25, 0.3) is 21.8 Å².